The molecule has 1 heterocycles. The molecule has 20 heavy (non-hydrogen) atoms. The van der Waals surface area contributed by atoms with Crippen molar-refractivity contribution < 1.29 is 19.4 Å². The highest BCUT2D eigenvalue weighted by Gasteiger charge is 2.44. The van der Waals surface area contributed by atoms with Gasteiger partial charge in [0.1, 0.15) is 0 Å². The molecule has 0 bridgehead atoms. The van der Waals surface area contributed by atoms with Gasteiger partial charge in [-0.1, -0.05) is 6.42 Å². The van der Waals surface area contributed by atoms with Gasteiger partial charge in [-0.15, -0.1) is 0 Å². The number of ether oxygens (including phenoxy) is 1. The zero-order chi connectivity index (χ0) is 14.6. The second-order valence-electron chi connectivity index (χ2n) is 6.17. The molecule has 1 amide bonds. The van der Waals surface area contributed by atoms with Gasteiger partial charge in [-0.3, -0.25) is 9.59 Å². The fraction of sp³-hybridized carbons (Fsp3) is 0.867. The smallest absolute Gasteiger partial charge is 0.311 e. The first-order chi connectivity index (χ1) is 9.59. The monoisotopic (exact) mass is 283 g/mol. The highest BCUT2D eigenvalue weighted by atomic mass is 16.5. The molecule has 1 saturated carbocycles. The number of carboxylic acid groups (broad SMARTS) is 1. The Labute approximate surface area is 120 Å². The van der Waals surface area contributed by atoms with Crippen molar-refractivity contribution in [2.75, 3.05) is 26.8 Å². The summed E-state index contributed by atoms with van der Waals surface area (Å²) in [5, 5.41) is 9.62. The number of amides is 1. The summed E-state index contributed by atoms with van der Waals surface area (Å²) in [6.45, 7) is 1.67. The van der Waals surface area contributed by atoms with E-state index in [0.717, 1.165) is 32.1 Å². The Morgan fingerprint density at radius 1 is 1.35 bits per heavy atom. The second kappa shape index (κ2) is 6.57. The number of nitrogens with zero attached hydrogens (tertiary/aromatic N) is 1. The molecule has 2 rings (SSSR count). The fourth-order valence-electron chi connectivity index (χ4n) is 3.27. The van der Waals surface area contributed by atoms with Gasteiger partial charge in [-0.25, -0.2) is 0 Å². The largest absolute Gasteiger partial charge is 0.481 e. The molecule has 1 aliphatic carbocycles. The summed E-state index contributed by atoms with van der Waals surface area (Å²) in [5.74, 6) is -0.438. The molecule has 5 heteroatoms. The van der Waals surface area contributed by atoms with Gasteiger partial charge in [0.15, 0.2) is 0 Å². The first kappa shape index (κ1) is 15.3. The normalized spacial score (nSPS) is 27.1. The molecule has 114 valence electrons. The minimum absolute atomic E-state index is 0.151. The summed E-state index contributed by atoms with van der Waals surface area (Å²) in [4.78, 5) is 25.8. The van der Waals surface area contributed by atoms with Gasteiger partial charge in [0.2, 0.25) is 5.91 Å². The average molecular weight is 283 g/mol. The summed E-state index contributed by atoms with van der Waals surface area (Å²) >= 11 is 0. The van der Waals surface area contributed by atoms with Crippen LogP contribution in [0.3, 0.4) is 0 Å². The van der Waals surface area contributed by atoms with Crippen LogP contribution in [0.4, 0.5) is 0 Å². The zero-order valence-corrected chi connectivity index (χ0v) is 12.3. The Hall–Kier alpha value is -1.10. The molecule has 0 aromatic rings. The molecule has 0 spiro atoms. The zero-order valence-electron chi connectivity index (χ0n) is 12.3. The maximum Gasteiger partial charge on any atom is 0.311 e. The van der Waals surface area contributed by atoms with Crippen molar-refractivity contribution in [3.63, 3.8) is 0 Å². The van der Waals surface area contributed by atoms with Crippen LogP contribution in [0.2, 0.25) is 0 Å². The third kappa shape index (κ3) is 3.14. The first-order valence-electron chi connectivity index (χ1n) is 7.60. The number of piperidine rings is 1. The molecule has 1 unspecified atom stereocenters. The van der Waals surface area contributed by atoms with Crippen molar-refractivity contribution in [1.82, 2.24) is 4.90 Å². The van der Waals surface area contributed by atoms with Crippen LogP contribution in [0.15, 0.2) is 0 Å². The highest BCUT2D eigenvalue weighted by molar-refractivity contribution is 5.81. The minimum Gasteiger partial charge on any atom is -0.481 e. The maximum atomic E-state index is 12.3. The molecule has 1 saturated heterocycles. The standard InChI is InChI=1S/C15H25NO4/c1-20-10-4-8-15(14(18)19)7-3-9-16(11-15)13(17)12-5-2-6-12/h12H,2-11H2,1H3,(H,18,19). The summed E-state index contributed by atoms with van der Waals surface area (Å²) in [5.41, 5.74) is -0.768. The lowest BCUT2D eigenvalue weighted by molar-refractivity contribution is -0.157. The number of hydrogen-bond acceptors (Lipinski definition) is 3. The third-order valence-corrected chi connectivity index (χ3v) is 4.80. The van der Waals surface area contributed by atoms with E-state index in [1.807, 2.05) is 0 Å². The average Bonchev–Trinajstić information content (AvgIpc) is 2.37. The van der Waals surface area contributed by atoms with E-state index in [0.29, 0.717) is 32.5 Å². The Morgan fingerprint density at radius 3 is 2.65 bits per heavy atom. The summed E-state index contributed by atoms with van der Waals surface area (Å²) < 4.78 is 5.02. The number of carbonyl (C=O) groups is 2. The Bertz CT molecular complexity index is 367. The topological polar surface area (TPSA) is 66.8 Å². The van der Waals surface area contributed by atoms with Crippen LogP contribution < -0.4 is 0 Å². The third-order valence-electron chi connectivity index (χ3n) is 4.80. The molecular formula is C15H25NO4. The van der Waals surface area contributed by atoms with Gasteiger partial charge in [0.25, 0.3) is 0 Å². The second-order valence-corrected chi connectivity index (χ2v) is 6.17. The molecule has 0 radical (unpaired) electrons. The van der Waals surface area contributed by atoms with Crippen molar-refractivity contribution in [2.45, 2.75) is 44.9 Å². The Balaban J connectivity index is 2.00. The molecule has 5 nitrogen and oxygen atoms in total. The van der Waals surface area contributed by atoms with Gasteiger partial charge >= 0.3 is 5.97 Å². The van der Waals surface area contributed by atoms with Gasteiger partial charge in [-0.2, -0.15) is 0 Å². The first-order valence-corrected chi connectivity index (χ1v) is 7.60. The van der Waals surface area contributed by atoms with Crippen LogP contribution >= 0.6 is 0 Å². The van der Waals surface area contributed by atoms with Crippen LogP contribution in [0, 0.1) is 11.3 Å². The van der Waals surface area contributed by atoms with Gasteiger partial charge in [0, 0.05) is 32.7 Å². The SMILES string of the molecule is COCCCC1(C(=O)O)CCCN(C(=O)C2CCC2)C1. The Morgan fingerprint density at radius 2 is 2.10 bits per heavy atom. The van der Waals surface area contributed by atoms with Crippen LogP contribution in [0.5, 0.6) is 0 Å². The summed E-state index contributed by atoms with van der Waals surface area (Å²) in [6.07, 6.45) is 5.84. The number of rotatable bonds is 6. The van der Waals surface area contributed by atoms with E-state index in [9.17, 15) is 14.7 Å². The van der Waals surface area contributed by atoms with Crippen LogP contribution in [0.25, 0.3) is 0 Å². The Kier molecular flexibility index (Phi) is 5.02. The molecule has 0 aromatic heterocycles. The highest BCUT2D eigenvalue weighted by Crippen LogP contribution is 2.37. The number of aliphatic carboxylic acids is 1. The van der Waals surface area contributed by atoms with Crippen molar-refractivity contribution in [2.24, 2.45) is 11.3 Å². The fourth-order valence-corrected chi connectivity index (χ4v) is 3.27. The predicted octanol–water partition coefficient (Wildman–Crippen LogP) is 1.91. The van der Waals surface area contributed by atoms with Crippen molar-refractivity contribution in [1.29, 1.82) is 0 Å². The lowest BCUT2D eigenvalue weighted by atomic mass is 9.75. The molecule has 0 aromatic carbocycles. The molecule has 1 atom stereocenters. The van der Waals surface area contributed by atoms with E-state index in [2.05, 4.69) is 0 Å². The van der Waals surface area contributed by atoms with Gasteiger partial charge in [-0.05, 0) is 38.5 Å². The minimum atomic E-state index is -0.768. The van der Waals surface area contributed by atoms with E-state index in [4.69, 9.17) is 4.74 Å². The van der Waals surface area contributed by atoms with Crippen LogP contribution in [0.1, 0.15) is 44.9 Å². The lowest BCUT2D eigenvalue weighted by Gasteiger charge is -2.42. The number of likely N-dealkylation sites (tertiary alicyclic amines) is 1. The quantitative estimate of drug-likeness (QED) is 0.756. The van der Waals surface area contributed by atoms with Crippen molar-refractivity contribution >= 4 is 11.9 Å². The van der Waals surface area contributed by atoms with E-state index in [-0.39, 0.29) is 11.8 Å². The molecule has 1 N–H and O–H groups in total. The van der Waals surface area contributed by atoms with Gasteiger partial charge in [0.05, 0.1) is 5.41 Å². The van der Waals surface area contributed by atoms with Gasteiger partial charge < -0.3 is 14.7 Å². The molecule has 2 aliphatic rings. The van der Waals surface area contributed by atoms with Crippen LogP contribution in [-0.2, 0) is 14.3 Å². The van der Waals surface area contributed by atoms with Crippen molar-refractivity contribution in [3.8, 4) is 0 Å². The summed E-state index contributed by atoms with van der Waals surface area (Å²) in [6, 6.07) is 0. The molecule has 2 fully saturated rings. The van der Waals surface area contributed by atoms with Crippen molar-refractivity contribution in [3.05, 3.63) is 0 Å². The van der Waals surface area contributed by atoms with E-state index < -0.39 is 11.4 Å². The van der Waals surface area contributed by atoms with E-state index >= 15 is 0 Å². The maximum absolute atomic E-state index is 12.3. The summed E-state index contributed by atoms with van der Waals surface area (Å²) in [7, 11) is 1.63. The van der Waals surface area contributed by atoms with E-state index in [1.54, 1.807) is 12.0 Å². The van der Waals surface area contributed by atoms with Crippen LogP contribution in [-0.4, -0.2) is 48.7 Å². The molecule has 1 aliphatic heterocycles. The number of carboxylic acids is 1. The number of carbonyl (C=O) groups excluding carboxylic acids is 1. The number of methoxy groups -OCH3 is 1. The predicted molar refractivity (Wildman–Crippen MR) is 74.3 cm³/mol. The molecular weight excluding hydrogens is 258 g/mol. The number of hydrogen-bond donors (Lipinski definition) is 1. The van der Waals surface area contributed by atoms with E-state index in [1.165, 1.54) is 0 Å². The lowest BCUT2D eigenvalue weighted by Crippen LogP contribution is -2.52.